The molecule has 0 spiro atoms. The van der Waals surface area contributed by atoms with Crippen LogP contribution in [0.2, 0.25) is 0 Å². The lowest BCUT2D eigenvalue weighted by Crippen LogP contribution is -2.25. The van der Waals surface area contributed by atoms with Gasteiger partial charge in [0.05, 0.1) is 16.1 Å². The Morgan fingerprint density at radius 3 is 2.36 bits per heavy atom. The Bertz CT molecular complexity index is 863. The van der Waals surface area contributed by atoms with Crippen molar-refractivity contribution >= 4 is 46.8 Å². The molecule has 0 fully saturated rings. The summed E-state index contributed by atoms with van der Waals surface area (Å²) in [4.78, 5) is 7.28. The summed E-state index contributed by atoms with van der Waals surface area (Å²) in [5, 5.41) is 2.72. The smallest absolute Gasteiger partial charge is 0.323 e. The first kappa shape index (κ1) is 20.0. The van der Waals surface area contributed by atoms with Crippen molar-refractivity contribution in [2.75, 3.05) is 18.7 Å². The molecule has 136 valence electrons. The van der Waals surface area contributed by atoms with Crippen molar-refractivity contribution in [1.82, 2.24) is 14.3 Å². The second-order valence-corrected chi connectivity index (χ2v) is 8.11. The molecule has 0 aliphatic heterocycles. The Kier molecular flexibility index (Phi) is 6.03. The van der Waals surface area contributed by atoms with Gasteiger partial charge in [-0.25, -0.2) is 18.4 Å². The third-order valence-corrected chi connectivity index (χ3v) is 6.42. The number of aromatic nitrogens is 2. The predicted molar refractivity (Wildman–Crippen MR) is 94.0 cm³/mol. The monoisotopic (exact) mass is 456 g/mol. The van der Waals surface area contributed by atoms with Crippen LogP contribution in [0.3, 0.4) is 0 Å². The van der Waals surface area contributed by atoms with Crippen LogP contribution in [-0.2, 0) is 16.2 Å². The van der Waals surface area contributed by atoms with Crippen LogP contribution in [0.4, 0.5) is 24.8 Å². The molecule has 1 aromatic heterocycles. The Balaban J connectivity index is 2.25. The molecule has 0 aliphatic rings. The molecule has 2 aromatic rings. The fourth-order valence-corrected chi connectivity index (χ4v) is 3.98. The molecule has 1 N–H and O–H groups in total. The highest BCUT2D eigenvalue weighted by Crippen LogP contribution is 2.30. The maximum Gasteiger partial charge on any atom is 0.419 e. The van der Waals surface area contributed by atoms with Gasteiger partial charge < -0.3 is 5.32 Å². The van der Waals surface area contributed by atoms with Gasteiger partial charge in [0.25, 0.3) is 0 Å². The van der Waals surface area contributed by atoms with Gasteiger partial charge in [0.2, 0.25) is 16.0 Å². The molecule has 1 aromatic carbocycles. The first-order chi connectivity index (χ1) is 11.6. The van der Waals surface area contributed by atoms with Crippen LogP contribution in [0.15, 0.2) is 40.0 Å². The van der Waals surface area contributed by atoms with Crippen LogP contribution in [0.1, 0.15) is 5.56 Å². The van der Waals surface area contributed by atoms with E-state index in [4.69, 9.17) is 0 Å². The van der Waals surface area contributed by atoms with Crippen LogP contribution in [-0.4, -0.2) is 36.0 Å². The molecule has 0 radical (unpaired) electrons. The lowest BCUT2D eigenvalue weighted by molar-refractivity contribution is -0.138. The van der Waals surface area contributed by atoms with Gasteiger partial charge in [0.15, 0.2) is 0 Å². The second kappa shape index (κ2) is 7.53. The van der Waals surface area contributed by atoms with Crippen molar-refractivity contribution < 1.29 is 21.6 Å². The van der Waals surface area contributed by atoms with E-state index in [9.17, 15) is 21.6 Å². The average Bonchev–Trinajstić information content (AvgIpc) is 2.55. The molecule has 1 atom stereocenters. The second-order valence-electron chi connectivity index (χ2n) is 4.85. The van der Waals surface area contributed by atoms with Gasteiger partial charge in [0, 0.05) is 30.2 Å². The van der Waals surface area contributed by atoms with Crippen LogP contribution >= 0.6 is 25.2 Å². The van der Waals surface area contributed by atoms with Crippen LogP contribution < -0.4 is 5.32 Å². The van der Waals surface area contributed by atoms with Gasteiger partial charge in [0.1, 0.15) is 0 Å². The minimum atomic E-state index is -4.52. The average molecular weight is 457 g/mol. The lowest BCUT2D eigenvalue weighted by atomic mass is 10.3. The minimum absolute atomic E-state index is 0.0496. The van der Waals surface area contributed by atoms with E-state index in [-0.39, 0.29) is 17.1 Å². The van der Waals surface area contributed by atoms with Crippen molar-refractivity contribution in [1.29, 1.82) is 0 Å². The summed E-state index contributed by atoms with van der Waals surface area (Å²) in [5.41, 5.74) is -0.550. The summed E-state index contributed by atoms with van der Waals surface area (Å²) in [7, 11) is 0.135. The van der Waals surface area contributed by atoms with Crippen molar-refractivity contribution in [2.45, 2.75) is 11.1 Å². The number of halogens is 4. The summed E-state index contributed by atoms with van der Waals surface area (Å²) in [5.74, 6) is -0.0496. The maximum atomic E-state index is 12.5. The lowest BCUT2D eigenvalue weighted by Gasteiger charge is -2.16. The van der Waals surface area contributed by atoms with Crippen LogP contribution in [0.5, 0.6) is 0 Å². The molecule has 1 unspecified atom stereocenters. The van der Waals surface area contributed by atoms with Gasteiger partial charge in [-0.1, -0.05) is 0 Å². The number of alkyl halides is 3. The number of hydrogen-bond donors (Lipinski definition) is 1. The van der Waals surface area contributed by atoms with E-state index in [0.717, 1.165) is 4.31 Å². The van der Waals surface area contributed by atoms with Crippen LogP contribution in [0, 0.1) is 0 Å². The van der Waals surface area contributed by atoms with Gasteiger partial charge in [-0.05, 0) is 34.1 Å². The van der Waals surface area contributed by atoms with Crippen molar-refractivity contribution in [3.05, 3.63) is 40.6 Å². The molecule has 25 heavy (non-hydrogen) atoms. The molecule has 0 amide bonds. The highest BCUT2D eigenvalue weighted by atomic mass is 79.9. The summed E-state index contributed by atoms with van der Waals surface area (Å²) in [6, 6.07) is 4.23. The highest BCUT2D eigenvalue weighted by molar-refractivity contribution is 9.10. The van der Waals surface area contributed by atoms with Crippen LogP contribution in [0.25, 0.3) is 0 Å². The fourth-order valence-electron chi connectivity index (χ4n) is 1.70. The molecular weight excluding hydrogens is 444 g/mol. The summed E-state index contributed by atoms with van der Waals surface area (Å²) in [6.45, 7) is 0. The standard InChI is InChI=1S/C13H13BrF3N4O2PS/c1-21(7-24)25(22,23)9-2-3-11(10(14)4-9)20-12-18-5-8(6-19-12)13(15,16)17/h2-6H,7,24H2,1H3,(H,18,19,20). The zero-order valence-electron chi connectivity index (χ0n) is 12.7. The van der Waals surface area contributed by atoms with E-state index in [0.29, 0.717) is 22.6 Å². The minimum Gasteiger partial charge on any atom is -0.323 e. The number of rotatable bonds is 5. The number of nitrogens with one attached hydrogen (secondary N) is 1. The molecule has 2 rings (SSSR count). The Morgan fingerprint density at radius 1 is 1.28 bits per heavy atom. The first-order valence-electron chi connectivity index (χ1n) is 6.68. The van der Waals surface area contributed by atoms with Gasteiger partial charge in [-0.15, -0.1) is 9.24 Å². The van der Waals surface area contributed by atoms with E-state index >= 15 is 0 Å². The van der Waals surface area contributed by atoms with E-state index in [1.165, 1.54) is 25.2 Å². The van der Waals surface area contributed by atoms with E-state index < -0.39 is 21.8 Å². The summed E-state index contributed by atoms with van der Waals surface area (Å²) in [6.07, 6.45) is -2.95. The molecule has 1 heterocycles. The highest BCUT2D eigenvalue weighted by Gasteiger charge is 2.31. The number of hydrogen-bond acceptors (Lipinski definition) is 5. The zero-order chi connectivity index (χ0) is 18.8. The molecule has 12 heteroatoms. The van der Waals surface area contributed by atoms with Gasteiger partial charge in [-0.3, -0.25) is 0 Å². The number of nitrogens with zero attached hydrogens (tertiary/aromatic N) is 3. The largest absolute Gasteiger partial charge is 0.419 e. The van der Waals surface area contributed by atoms with Crippen molar-refractivity contribution in [3.8, 4) is 0 Å². The molecule has 0 saturated heterocycles. The molecule has 6 nitrogen and oxygen atoms in total. The van der Waals surface area contributed by atoms with E-state index in [1.807, 2.05) is 0 Å². The SMILES string of the molecule is CN(CP)S(=O)(=O)c1ccc(Nc2ncc(C(F)(F)F)cn2)c(Br)c1. The quantitative estimate of drug-likeness (QED) is 0.697. The number of sulfonamides is 1. The third kappa shape index (κ3) is 4.66. The summed E-state index contributed by atoms with van der Waals surface area (Å²) < 4.78 is 63.5. The first-order valence-corrected chi connectivity index (χ1v) is 9.73. The topological polar surface area (TPSA) is 75.2 Å². The fraction of sp³-hybridized carbons (Fsp3) is 0.231. The normalized spacial score (nSPS) is 12.4. The zero-order valence-corrected chi connectivity index (χ0v) is 16.3. The third-order valence-electron chi connectivity index (χ3n) is 3.13. The molecule has 0 aliphatic carbocycles. The van der Waals surface area contributed by atoms with E-state index in [1.54, 1.807) is 0 Å². The predicted octanol–water partition coefficient (Wildman–Crippen LogP) is 3.45. The molecular formula is C13H13BrF3N4O2PS. The Hall–Kier alpha value is -1.29. The number of anilines is 2. The number of benzene rings is 1. The van der Waals surface area contributed by atoms with Gasteiger partial charge in [-0.2, -0.15) is 17.5 Å². The van der Waals surface area contributed by atoms with Gasteiger partial charge >= 0.3 is 6.18 Å². The molecule has 0 bridgehead atoms. The maximum absolute atomic E-state index is 12.5. The Morgan fingerprint density at radius 2 is 1.88 bits per heavy atom. The van der Waals surface area contributed by atoms with Crippen molar-refractivity contribution in [2.24, 2.45) is 0 Å². The Labute approximate surface area is 153 Å². The van der Waals surface area contributed by atoms with E-state index in [2.05, 4.69) is 40.5 Å². The molecule has 0 saturated carbocycles. The van der Waals surface area contributed by atoms with Crippen molar-refractivity contribution in [3.63, 3.8) is 0 Å². The summed E-state index contributed by atoms with van der Waals surface area (Å²) >= 11 is 3.23.